The molecule has 0 bridgehead atoms. The van der Waals surface area contributed by atoms with Crippen molar-refractivity contribution in [2.24, 2.45) is 11.8 Å². The quantitative estimate of drug-likeness (QED) is 0.527. The fourth-order valence-electron chi connectivity index (χ4n) is 4.83. The largest absolute Gasteiger partial charge is 0.326 e. The van der Waals surface area contributed by atoms with E-state index in [0.717, 1.165) is 37.5 Å². The Bertz CT molecular complexity index is 1030. The number of carbonyl (C=O) groups is 1. The number of halogens is 2. The third-order valence-corrected chi connectivity index (χ3v) is 6.41. The van der Waals surface area contributed by atoms with Crippen molar-refractivity contribution < 1.29 is 13.6 Å². The Hall–Kier alpha value is -2.82. The predicted molar refractivity (Wildman–Crippen MR) is 115 cm³/mol. The average molecular weight is 408 g/mol. The van der Waals surface area contributed by atoms with Crippen LogP contribution in [0.15, 0.2) is 54.7 Å². The number of fused-ring (bicyclic) bond motifs is 1. The van der Waals surface area contributed by atoms with Crippen LogP contribution < -0.4 is 5.32 Å². The summed E-state index contributed by atoms with van der Waals surface area (Å²) < 4.78 is 26.6. The van der Waals surface area contributed by atoms with Crippen molar-refractivity contribution in [3.05, 3.63) is 71.9 Å². The van der Waals surface area contributed by atoms with E-state index in [0.29, 0.717) is 23.0 Å². The molecule has 0 aliphatic heterocycles. The predicted octanol–water partition coefficient (Wildman–Crippen LogP) is 6.45. The first-order valence-electron chi connectivity index (χ1n) is 10.7. The topological polar surface area (TPSA) is 42.0 Å². The highest BCUT2D eigenvalue weighted by atomic mass is 19.1. The summed E-state index contributed by atoms with van der Waals surface area (Å²) in [6.45, 7) is 2.05. The second-order valence-corrected chi connectivity index (χ2v) is 8.18. The molecule has 1 aliphatic carbocycles. The molecule has 2 aromatic carbocycles. The minimum absolute atomic E-state index is 0.0115. The standard InChI is InChI=1S/C25H26F2N2O/c1-2-21(25(30)29-20-10-7-18(26)8-11-20)16-3-5-17(6-4-16)22-13-14-28-24-15-19(27)9-12-23(22)24/h7-17,21H,2-6H2,1H3,(H,29,30)/t16-,17-,21-/m1/s1. The molecule has 0 radical (unpaired) electrons. The van der Waals surface area contributed by atoms with Gasteiger partial charge in [-0.1, -0.05) is 6.92 Å². The van der Waals surface area contributed by atoms with E-state index in [1.807, 2.05) is 19.1 Å². The molecule has 1 atom stereocenters. The molecule has 1 aliphatic rings. The van der Waals surface area contributed by atoms with E-state index in [4.69, 9.17) is 0 Å². The minimum Gasteiger partial charge on any atom is -0.326 e. The van der Waals surface area contributed by atoms with Gasteiger partial charge in [0.15, 0.2) is 0 Å². The van der Waals surface area contributed by atoms with Gasteiger partial charge < -0.3 is 5.32 Å². The SMILES string of the molecule is CC[C@@H](C(=O)Nc1ccc(F)cc1)[C@H]1CC[C@H](c2ccnc3cc(F)ccc32)CC1. The maximum atomic E-state index is 13.5. The molecule has 4 rings (SSSR count). The van der Waals surface area contributed by atoms with E-state index in [2.05, 4.69) is 10.3 Å². The number of nitrogens with zero attached hydrogens (tertiary/aromatic N) is 1. The Kier molecular flexibility index (Phi) is 6.07. The summed E-state index contributed by atoms with van der Waals surface area (Å²) in [6, 6.07) is 12.7. The number of pyridine rings is 1. The zero-order valence-electron chi connectivity index (χ0n) is 17.1. The van der Waals surface area contributed by atoms with Gasteiger partial charge >= 0.3 is 0 Å². The van der Waals surface area contributed by atoms with Gasteiger partial charge in [-0.3, -0.25) is 9.78 Å². The molecule has 1 amide bonds. The highest BCUT2D eigenvalue weighted by Crippen LogP contribution is 2.41. The van der Waals surface area contributed by atoms with E-state index in [1.165, 1.54) is 29.8 Å². The van der Waals surface area contributed by atoms with Gasteiger partial charge in [0.2, 0.25) is 5.91 Å². The van der Waals surface area contributed by atoms with Crippen molar-refractivity contribution in [3.63, 3.8) is 0 Å². The van der Waals surface area contributed by atoms with Gasteiger partial charge in [-0.2, -0.15) is 0 Å². The molecule has 1 saturated carbocycles. The average Bonchev–Trinajstić information content (AvgIpc) is 2.76. The Morgan fingerprint density at radius 1 is 1.03 bits per heavy atom. The number of amides is 1. The summed E-state index contributed by atoms with van der Waals surface area (Å²) in [5.41, 5.74) is 2.55. The van der Waals surface area contributed by atoms with Gasteiger partial charge in [-0.15, -0.1) is 0 Å². The van der Waals surface area contributed by atoms with Crippen molar-refractivity contribution in [2.75, 3.05) is 5.32 Å². The van der Waals surface area contributed by atoms with E-state index >= 15 is 0 Å². The van der Waals surface area contributed by atoms with Gasteiger partial charge in [0, 0.05) is 29.3 Å². The second-order valence-electron chi connectivity index (χ2n) is 8.18. The van der Waals surface area contributed by atoms with Gasteiger partial charge in [0.25, 0.3) is 0 Å². The summed E-state index contributed by atoms with van der Waals surface area (Å²) in [7, 11) is 0. The Balaban J connectivity index is 1.43. The van der Waals surface area contributed by atoms with Crippen LogP contribution in [-0.2, 0) is 4.79 Å². The van der Waals surface area contributed by atoms with E-state index in [9.17, 15) is 13.6 Å². The number of anilines is 1. The first-order valence-corrected chi connectivity index (χ1v) is 10.7. The smallest absolute Gasteiger partial charge is 0.227 e. The van der Waals surface area contributed by atoms with Crippen LogP contribution in [-0.4, -0.2) is 10.9 Å². The summed E-state index contributed by atoms with van der Waals surface area (Å²) in [5, 5.41) is 3.96. The molecular formula is C25H26F2N2O. The molecular weight excluding hydrogens is 382 g/mol. The molecule has 1 N–H and O–H groups in total. The summed E-state index contributed by atoms with van der Waals surface area (Å²) in [4.78, 5) is 17.1. The third kappa shape index (κ3) is 4.35. The van der Waals surface area contributed by atoms with Crippen molar-refractivity contribution >= 4 is 22.5 Å². The Morgan fingerprint density at radius 2 is 1.73 bits per heavy atom. The van der Waals surface area contributed by atoms with Gasteiger partial charge in [0.05, 0.1) is 5.52 Å². The monoisotopic (exact) mass is 408 g/mol. The first-order chi connectivity index (χ1) is 14.5. The Morgan fingerprint density at radius 3 is 2.43 bits per heavy atom. The number of benzene rings is 2. The maximum Gasteiger partial charge on any atom is 0.227 e. The van der Waals surface area contributed by atoms with Crippen LogP contribution in [0.1, 0.15) is 50.5 Å². The van der Waals surface area contributed by atoms with Crippen LogP contribution in [0.3, 0.4) is 0 Å². The van der Waals surface area contributed by atoms with Gasteiger partial charge in [-0.05, 0) is 92.0 Å². The third-order valence-electron chi connectivity index (χ3n) is 6.41. The lowest BCUT2D eigenvalue weighted by Gasteiger charge is -2.33. The Labute approximate surface area is 175 Å². The van der Waals surface area contributed by atoms with Crippen LogP contribution >= 0.6 is 0 Å². The normalized spacial score (nSPS) is 20.1. The van der Waals surface area contributed by atoms with Crippen LogP contribution in [0, 0.1) is 23.5 Å². The number of hydrogen-bond donors (Lipinski definition) is 1. The number of rotatable bonds is 5. The molecule has 0 unspecified atom stereocenters. The second kappa shape index (κ2) is 8.90. The van der Waals surface area contributed by atoms with Crippen molar-refractivity contribution in [3.8, 4) is 0 Å². The highest BCUT2D eigenvalue weighted by molar-refractivity contribution is 5.92. The van der Waals surface area contributed by atoms with E-state index in [1.54, 1.807) is 18.3 Å². The fourth-order valence-corrected chi connectivity index (χ4v) is 4.83. The summed E-state index contributed by atoms with van der Waals surface area (Å²) in [6.07, 6.45) is 6.49. The van der Waals surface area contributed by atoms with Crippen LogP contribution in [0.2, 0.25) is 0 Å². The molecule has 3 aromatic rings. The maximum absolute atomic E-state index is 13.5. The number of aromatic nitrogens is 1. The lowest BCUT2D eigenvalue weighted by molar-refractivity contribution is -0.122. The number of nitrogens with one attached hydrogen (secondary N) is 1. The molecule has 1 fully saturated rings. The molecule has 1 heterocycles. The molecule has 0 spiro atoms. The van der Waals surface area contributed by atoms with Crippen LogP contribution in [0.5, 0.6) is 0 Å². The number of carbonyl (C=O) groups excluding carboxylic acids is 1. The van der Waals surface area contributed by atoms with Crippen molar-refractivity contribution in [1.29, 1.82) is 0 Å². The van der Waals surface area contributed by atoms with Crippen molar-refractivity contribution in [1.82, 2.24) is 4.98 Å². The van der Waals surface area contributed by atoms with Crippen molar-refractivity contribution in [2.45, 2.75) is 44.9 Å². The van der Waals surface area contributed by atoms with E-state index < -0.39 is 0 Å². The highest BCUT2D eigenvalue weighted by Gasteiger charge is 2.32. The molecule has 0 saturated heterocycles. The lowest BCUT2D eigenvalue weighted by atomic mass is 9.72. The van der Waals surface area contributed by atoms with Gasteiger partial charge in [0.1, 0.15) is 11.6 Å². The summed E-state index contributed by atoms with van der Waals surface area (Å²) in [5.74, 6) is 0.0994. The number of hydrogen-bond acceptors (Lipinski definition) is 2. The summed E-state index contributed by atoms with van der Waals surface area (Å²) >= 11 is 0. The lowest BCUT2D eigenvalue weighted by Crippen LogP contribution is -2.31. The molecule has 3 nitrogen and oxygen atoms in total. The molecule has 5 heteroatoms. The minimum atomic E-state index is -0.315. The van der Waals surface area contributed by atoms with Gasteiger partial charge in [-0.25, -0.2) is 8.78 Å². The fraction of sp³-hybridized carbons (Fsp3) is 0.360. The molecule has 1 aromatic heterocycles. The zero-order chi connectivity index (χ0) is 21.1. The first kappa shape index (κ1) is 20.5. The van der Waals surface area contributed by atoms with Crippen LogP contribution in [0.4, 0.5) is 14.5 Å². The molecule has 156 valence electrons. The van der Waals surface area contributed by atoms with E-state index in [-0.39, 0.29) is 23.5 Å². The van der Waals surface area contributed by atoms with Crippen LogP contribution in [0.25, 0.3) is 10.9 Å². The molecule has 30 heavy (non-hydrogen) atoms. The zero-order valence-corrected chi connectivity index (χ0v) is 17.1.